The molecular formula is C24H43N5O. The summed E-state index contributed by atoms with van der Waals surface area (Å²) in [5.74, 6) is 2.48. The number of hydrogen-bond acceptors (Lipinski definition) is 4. The van der Waals surface area contributed by atoms with Gasteiger partial charge in [-0.2, -0.15) is 0 Å². The standard InChI is InChI=1S/C24H43N5O/c1-20(2)10-17-30-23-18-21(3)8-9-22(23)19-27-24(25-4)26-11-6-7-12-29-15-13-28(5)14-16-29/h8-9,18,20H,6-7,10-17,19H2,1-5H3,(H2,25,26,27). The van der Waals surface area contributed by atoms with E-state index in [1.807, 2.05) is 7.05 Å². The first-order chi connectivity index (χ1) is 14.5. The van der Waals surface area contributed by atoms with E-state index in [2.05, 4.69) is 71.4 Å². The molecule has 0 bridgehead atoms. The van der Waals surface area contributed by atoms with E-state index in [1.54, 1.807) is 0 Å². The molecule has 0 atom stereocenters. The number of hydrogen-bond donors (Lipinski definition) is 2. The fraction of sp³-hybridized carbons (Fsp3) is 0.708. The second kappa shape index (κ2) is 13.5. The molecule has 2 rings (SSSR count). The number of aryl methyl sites for hydroxylation is 1. The number of piperazine rings is 1. The van der Waals surface area contributed by atoms with Gasteiger partial charge in [0.1, 0.15) is 5.75 Å². The minimum absolute atomic E-state index is 0.649. The SMILES string of the molecule is CN=C(NCCCCN1CCN(C)CC1)NCc1ccc(C)cc1OCCC(C)C. The highest BCUT2D eigenvalue weighted by molar-refractivity contribution is 5.79. The second-order valence-electron chi connectivity index (χ2n) is 8.85. The Balaban J connectivity index is 1.69. The van der Waals surface area contributed by atoms with E-state index in [9.17, 15) is 0 Å². The first kappa shape index (κ1) is 24.5. The summed E-state index contributed by atoms with van der Waals surface area (Å²) in [4.78, 5) is 9.35. The van der Waals surface area contributed by atoms with Crippen LogP contribution in [0.25, 0.3) is 0 Å². The van der Waals surface area contributed by atoms with Crippen LogP contribution in [-0.2, 0) is 6.54 Å². The average Bonchev–Trinajstić information content (AvgIpc) is 2.72. The molecule has 1 aliphatic heterocycles. The maximum Gasteiger partial charge on any atom is 0.191 e. The van der Waals surface area contributed by atoms with Crippen molar-refractivity contribution in [3.05, 3.63) is 29.3 Å². The zero-order valence-corrected chi connectivity index (χ0v) is 19.8. The highest BCUT2D eigenvalue weighted by Gasteiger charge is 2.12. The first-order valence-electron chi connectivity index (χ1n) is 11.6. The lowest BCUT2D eigenvalue weighted by Crippen LogP contribution is -2.44. The molecule has 6 nitrogen and oxygen atoms in total. The lowest BCUT2D eigenvalue weighted by molar-refractivity contribution is 0.152. The molecule has 1 aromatic carbocycles. The minimum Gasteiger partial charge on any atom is -0.493 e. The third-order valence-corrected chi connectivity index (χ3v) is 5.63. The van der Waals surface area contributed by atoms with Crippen LogP contribution in [-0.4, -0.2) is 75.7 Å². The maximum absolute atomic E-state index is 6.06. The molecule has 6 heteroatoms. The van der Waals surface area contributed by atoms with E-state index in [0.717, 1.165) is 37.7 Å². The summed E-state index contributed by atoms with van der Waals surface area (Å²) >= 11 is 0. The maximum atomic E-state index is 6.06. The van der Waals surface area contributed by atoms with Gasteiger partial charge in [-0.3, -0.25) is 4.99 Å². The van der Waals surface area contributed by atoms with Crippen molar-refractivity contribution >= 4 is 5.96 Å². The Morgan fingerprint density at radius 1 is 1.13 bits per heavy atom. The molecule has 30 heavy (non-hydrogen) atoms. The van der Waals surface area contributed by atoms with Crippen molar-refractivity contribution in [2.24, 2.45) is 10.9 Å². The summed E-state index contributed by atoms with van der Waals surface area (Å²) in [5.41, 5.74) is 2.39. The number of likely N-dealkylation sites (N-methyl/N-ethyl adjacent to an activating group) is 1. The first-order valence-corrected chi connectivity index (χ1v) is 11.6. The normalized spacial score (nSPS) is 16.1. The topological polar surface area (TPSA) is 52.1 Å². The fourth-order valence-corrected chi connectivity index (χ4v) is 3.48. The molecule has 0 saturated carbocycles. The molecule has 0 amide bonds. The van der Waals surface area contributed by atoms with Crippen molar-refractivity contribution < 1.29 is 4.74 Å². The Hall–Kier alpha value is -1.79. The van der Waals surface area contributed by atoms with Gasteiger partial charge in [0.2, 0.25) is 0 Å². The molecule has 0 spiro atoms. The van der Waals surface area contributed by atoms with E-state index in [0.29, 0.717) is 12.5 Å². The number of unbranched alkanes of at least 4 members (excludes halogenated alkanes) is 1. The van der Waals surface area contributed by atoms with Crippen molar-refractivity contribution in [3.8, 4) is 5.75 Å². The van der Waals surface area contributed by atoms with Crippen molar-refractivity contribution in [1.82, 2.24) is 20.4 Å². The fourth-order valence-electron chi connectivity index (χ4n) is 3.48. The van der Waals surface area contributed by atoms with Gasteiger partial charge >= 0.3 is 0 Å². The lowest BCUT2D eigenvalue weighted by Gasteiger charge is -2.32. The summed E-state index contributed by atoms with van der Waals surface area (Å²) in [7, 11) is 4.03. The quantitative estimate of drug-likeness (QED) is 0.329. The number of rotatable bonds is 11. The average molecular weight is 418 g/mol. The van der Waals surface area contributed by atoms with Crippen LogP contribution in [0.15, 0.2) is 23.2 Å². The highest BCUT2D eigenvalue weighted by Crippen LogP contribution is 2.21. The van der Waals surface area contributed by atoms with E-state index in [4.69, 9.17) is 4.74 Å². The number of guanidine groups is 1. The Labute approximate surface area is 184 Å². The van der Waals surface area contributed by atoms with E-state index >= 15 is 0 Å². The number of benzene rings is 1. The zero-order chi connectivity index (χ0) is 21.8. The minimum atomic E-state index is 0.649. The Morgan fingerprint density at radius 3 is 2.60 bits per heavy atom. The van der Waals surface area contributed by atoms with Crippen LogP contribution in [0, 0.1) is 12.8 Å². The molecule has 0 radical (unpaired) electrons. The Kier molecular flexibility index (Phi) is 11.0. The molecule has 0 unspecified atom stereocenters. The van der Waals surface area contributed by atoms with Gasteiger partial charge in [-0.05, 0) is 57.3 Å². The van der Waals surface area contributed by atoms with Crippen molar-refractivity contribution in [3.63, 3.8) is 0 Å². The molecule has 1 aromatic rings. The van der Waals surface area contributed by atoms with E-state index in [1.165, 1.54) is 50.3 Å². The van der Waals surface area contributed by atoms with Gasteiger partial charge in [0.15, 0.2) is 5.96 Å². The highest BCUT2D eigenvalue weighted by atomic mass is 16.5. The van der Waals surface area contributed by atoms with Crippen molar-refractivity contribution in [2.75, 3.05) is 60.0 Å². The Bertz CT molecular complexity index is 638. The van der Waals surface area contributed by atoms with Gasteiger partial charge in [-0.1, -0.05) is 26.0 Å². The molecule has 0 aromatic heterocycles. The second-order valence-corrected chi connectivity index (χ2v) is 8.85. The van der Waals surface area contributed by atoms with Crippen LogP contribution in [0.5, 0.6) is 5.75 Å². The van der Waals surface area contributed by atoms with Crippen LogP contribution in [0.2, 0.25) is 0 Å². The summed E-state index contributed by atoms with van der Waals surface area (Å²) in [5, 5.41) is 6.88. The predicted octanol–water partition coefficient (Wildman–Crippen LogP) is 3.11. The van der Waals surface area contributed by atoms with Crippen LogP contribution in [0.4, 0.5) is 0 Å². The number of ether oxygens (including phenoxy) is 1. The molecule has 2 N–H and O–H groups in total. The van der Waals surface area contributed by atoms with Crippen LogP contribution in [0.3, 0.4) is 0 Å². The van der Waals surface area contributed by atoms with Crippen molar-refractivity contribution in [1.29, 1.82) is 0 Å². The molecule has 170 valence electrons. The van der Waals surface area contributed by atoms with E-state index < -0.39 is 0 Å². The summed E-state index contributed by atoms with van der Waals surface area (Å²) in [6.45, 7) is 14.9. The summed E-state index contributed by atoms with van der Waals surface area (Å²) < 4.78 is 6.06. The number of nitrogens with one attached hydrogen (secondary N) is 2. The van der Waals surface area contributed by atoms with Gasteiger partial charge in [-0.25, -0.2) is 0 Å². The molecule has 1 aliphatic rings. The zero-order valence-electron chi connectivity index (χ0n) is 19.8. The largest absolute Gasteiger partial charge is 0.493 e. The van der Waals surface area contributed by atoms with Crippen LogP contribution >= 0.6 is 0 Å². The van der Waals surface area contributed by atoms with E-state index in [-0.39, 0.29) is 0 Å². The third kappa shape index (κ3) is 9.35. The molecule has 0 aliphatic carbocycles. The Morgan fingerprint density at radius 2 is 1.90 bits per heavy atom. The summed E-state index contributed by atoms with van der Waals surface area (Å²) in [6.07, 6.45) is 3.44. The predicted molar refractivity (Wildman–Crippen MR) is 128 cm³/mol. The van der Waals surface area contributed by atoms with Gasteiger partial charge in [0.25, 0.3) is 0 Å². The van der Waals surface area contributed by atoms with Gasteiger partial charge in [0.05, 0.1) is 6.61 Å². The monoisotopic (exact) mass is 417 g/mol. The van der Waals surface area contributed by atoms with Gasteiger partial charge < -0.3 is 25.2 Å². The molecule has 1 fully saturated rings. The molecule has 1 heterocycles. The van der Waals surface area contributed by atoms with Crippen LogP contribution in [0.1, 0.15) is 44.2 Å². The van der Waals surface area contributed by atoms with Crippen LogP contribution < -0.4 is 15.4 Å². The summed E-state index contributed by atoms with van der Waals surface area (Å²) in [6, 6.07) is 6.42. The number of nitrogens with zero attached hydrogens (tertiary/aromatic N) is 3. The molecular weight excluding hydrogens is 374 g/mol. The lowest BCUT2D eigenvalue weighted by atomic mass is 10.1. The van der Waals surface area contributed by atoms with Crippen molar-refractivity contribution in [2.45, 2.75) is 46.6 Å². The van der Waals surface area contributed by atoms with Gasteiger partial charge in [-0.15, -0.1) is 0 Å². The smallest absolute Gasteiger partial charge is 0.191 e. The number of aliphatic imine (C=N–C) groups is 1. The third-order valence-electron chi connectivity index (χ3n) is 5.63. The molecule has 1 saturated heterocycles. The van der Waals surface area contributed by atoms with Gasteiger partial charge in [0, 0.05) is 51.9 Å².